The van der Waals surface area contributed by atoms with Crippen LogP contribution in [0.2, 0.25) is 0 Å². The van der Waals surface area contributed by atoms with Gasteiger partial charge in [0, 0.05) is 29.8 Å². The van der Waals surface area contributed by atoms with Crippen LogP contribution in [0.3, 0.4) is 0 Å². The molecule has 0 saturated carbocycles. The van der Waals surface area contributed by atoms with Crippen molar-refractivity contribution in [1.82, 2.24) is 9.99 Å². The largest absolute Gasteiger partial charge is 0.361 e. The quantitative estimate of drug-likeness (QED) is 0.846. The van der Waals surface area contributed by atoms with Gasteiger partial charge in [0.25, 0.3) is 0 Å². The molecule has 0 bridgehead atoms. The molecule has 4 heteroatoms. The van der Waals surface area contributed by atoms with Crippen molar-refractivity contribution in [3.8, 4) is 0 Å². The summed E-state index contributed by atoms with van der Waals surface area (Å²) in [5.74, 6) is 0.0606. The van der Waals surface area contributed by atoms with Crippen molar-refractivity contribution in [2.75, 3.05) is 0 Å². The third kappa shape index (κ3) is 2.11. The van der Waals surface area contributed by atoms with Crippen LogP contribution in [0.1, 0.15) is 38.8 Å². The zero-order valence-corrected chi connectivity index (χ0v) is 12.1. The number of carbonyl (C=O) groups excluding carboxylic acids is 1. The second-order valence-corrected chi connectivity index (χ2v) is 6.27. The van der Waals surface area contributed by atoms with Gasteiger partial charge in [0.05, 0.1) is 6.04 Å². The third-order valence-corrected chi connectivity index (χ3v) is 3.64. The van der Waals surface area contributed by atoms with E-state index < -0.39 is 5.41 Å². The van der Waals surface area contributed by atoms with E-state index in [1.54, 1.807) is 5.01 Å². The molecule has 3 rings (SSSR count). The molecule has 1 aromatic heterocycles. The molecule has 20 heavy (non-hydrogen) atoms. The van der Waals surface area contributed by atoms with Crippen LogP contribution in [-0.2, 0) is 4.79 Å². The molecule has 0 fully saturated rings. The fourth-order valence-corrected chi connectivity index (χ4v) is 2.51. The smallest absolute Gasteiger partial charge is 0.248 e. The molecular formula is C16H19N3O. The number of hydrazone groups is 1. The van der Waals surface area contributed by atoms with E-state index in [0.717, 1.165) is 22.9 Å². The normalized spacial score (nSPS) is 18.9. The molecule has 0 spiro atoms. The predicted octanol–water partition coefficient (Wildman–Crippen LogP) is 3.47. The highest BCUT2D eigenvalue weighted by atomic mass is 16.2. The van der Waals surface area contributed by atoms with Crippen molar-refractivity contribution < 1.29 is 4.79 Å². The Balaban J connectivity index is 1.94. The summed E-state index contributed by atoms with van der Waals surface area (Å²) in [5.41, 5.74) is 1.83. The van der Waals surface area contributed by atoms with Gasteiger partial charge in [-0.2, -0.15) is 5.10 Å². The van der Waals surface area contributed by atoms with Crippen molar-refractivity contribution in [2.24, 2.45) is 10.5 Å². The van der Waals surface area contributed by atoms with Gasteiger partial charge >= 0.3 is 0 Å². The molecule has 104 valence electrons. The molecular weight excluding hydrogens is 250 g/mol. The lowest BCUT2D eigenvalue weighted by atomic mass is 9.93. The minimum atomic E-state index is -0.419. The fraction of sp³-hybridized carbons (Fsp3) is 0.375. The number of hydrogen-bond acceptors (Lipinski definition) is 2. The molecule has 2 aromatic rings. The van der Waals surface area contributed by atoms with Crippen molar-refractivity contribution in [1.29, 1.82) is 0 Å². The number of benzene rings is 1. The van der Waals surface area contributed by atoms with Crippen molar-refractivity contribution >= 4 is 23.0 Å². The van der Waals surface area contributed by atoms with E-state index in [9.17, 15) is 4.79 Å². The highest BCUT2D eigenvalue weighted by Gasteiger charge is 2.34. The van der Waals surface area contributed by atoms with Gasteiger partial charge in [-0.15, -0.1) is 0 Å². The number of carbonyl (C=O) groups is 1. The maximum Gasteiger partial charge on any atom is 0.248 e. The van der Waals surface area contributed by atoms with Crippen LogP contribution in [0.25, 0.3) is 10.9 Å². The maximum atomic E-state index is 12.5. The van der Waals surface area contributed by atoms with E-state index in [1.165, 1.54) is 0 Å². The Morgan fingerprint density at radius 1 is 1.35 bits per heavy atom. The molecule has 0 radical (unpaired) electrons. The summed E-state index contributed by atoms with van der Waals surface area (Å²) in [4.78, 5) is 15.7. The highest BCUT2D eigenvalue weighted by molar-refractivity contribution is 5.85. The zero-order valence-electron chi connectivity index (χ0n) is 12.1. The second kappa shape index (κ2) is 4.47. The molecule has 2 heterocycles. The van der Waals surface area contributed by atoms with Gasteiger partial charge in [-0.1, -0.05) is 26.8 Å². The van der Waals surface area contributed by atoms with Gasteiger partial charge in [-0.25, -0.2) is 5.01 Å². The van der Waals surface area contributed by atoms with Crippen LogP contribution < -0.4 is 0 Å². The first-order valence-corrected chi connectivity index (χ1v) is 6.90. The number of aromatic amines is 1. The minimum Gasteiger partial charge on any atom is -0.361 e. The number of hydrogen-bond donors (Lipinski definition) is 1. The van der Waals surface area contributed by atoms with E-state index in [0.29, 0.717) is 0 Å². The zero-order chi connectivity index (χ0) is 14.3. The first kappa shape index (κ1) is 12.9. The monoisotopic (exact) mass is 269 g/mol. The highest BCUT2D eigenvalue weighted by Crippen LogP contribution is 2.33. The van der Waals surface area contributed by atoms with Gasteiger partial charge in [0.15, 0.2) is 0 Å². The molecule has 1 amide bonds. The molecule has 1 aliphatic rings. The van der Waals surface area contributed by atoms with Crippen molar-refractivity contribution in [3.05, 3.63) is 36.0 Å². The topological polar surface area (TPSA) is 48.5 Å². The number of fused-ring (bicyclic) bond motifs is 1. The van der Waals surface area contributed by atoms with Crippen LogP contribution in [0, 0.1) is 5.41 Å². The summed E-state index contributed by atoms with van der Waals surface area (Å²) in [6.45, 7) is 5.78. The number of aromatic nitrogens is 1. The SMILES string of the molecule is CC(C)(C)C(=O)N1N=CC[C@H]1c1ccc2[nH]ccc2c1. The summed E-state index contributed by atoms with van der Waals surface area (Å²) in [5, 5.41) is 7.08. The summed E-state index contributed by atoms with van der Waals surface area (Å²) < 4.78 is 0. The third-order valence-electron chi connectivity index (χ3n) is 3.64. The van der Waals surface area contributed by atoms with Gasteiger partial charge in [-0.3, -0.25) is 4.79 Å². The van der Waals surface area contributed by atoms with Gasteiger partial charge < -0.3 is 4.98 Å². The summed E-state index contributed by atoms with van der Waals surface area (Å²) >= 11 is 0. The van der Waals surface area contributed by atoms with Crippen LogP contribution in [0.15, 0.2) is 35.6 Å². The molecule has 1 N–H and O–H groups in total. The number of H-pyrrole nitrogens is 1. The molecule has 1 aromatic carbocycles. The van der Waals surface area contributed by atoms with E-state index in [-0.39, 0.29) is 11.9 Å². The number of nitrogens with zero attached hydrogens (tertiary/aromatic N) is 2. The summed E-state index contributed by atoms with van der Waals surface area (Å²) in [7, 11) is 0. The number of amides is 1. The average Bonchev–Trinajstić information content (AvgIpc) is 3.04. The summed E-state index contributed by atoms with van der Waals surface area (Å²) in [6.07, 6.45) is 4.53. The van der Waals surface area contributed by atoms with E-state index in [1.807, 2.05) is 39.2 Å². The second-order valence-electron chi connectivity index (χ2n) is 6.27. The van der Waals surface area contributed by atoms with Gasteiger partial charge in [0.2, 0.25) is 5.91 Å². The molecule has 1 atom stereocenters. The first-order chi connectivity index (χ1) is 9.47. The molecule has 0 unspecified atom stereocenters. The summed E-state index contributed by atoms with van der Waals surface area (Å²) in [6, 6.07) is 8.32. The molecule has 1 aliphatic heterocycles. The lowest BCUT2D eigenvalue weighted by molar-refractivity contribution is -0.141. The number of nitrogens with one attached hydrogen (secondary N) is 1. The molecule has 4 nitrogen and oxygen atoms in total. The Morgan fingerprint density at radius 3 is 2.90 bits per heavy atom. The Bertz CT molecular complexity index is 678. The molecule has 0 saturated heterocycles. The minimum absolute atomic E-state index is 0.0148. The van der Waals surface area contributed by atoms with Crippen molar-refractivity contribution in [2.45, 2.75) is 33.2 Å². The van der Waals surface area contributed by atoms with E-state index >= 15 is 0 Å². The van der Waals surface area contributed by atoms with Gasteiger partial charge in [0.1, 0.15) is 0 Å². The van der Waals surface area contributed by atoms with Crippen LogP contribution in [-0.4, -0.2) is 22.1 Å². The first-order valence-electron chi connectivity index (χ1n) is 6.90. The van der Waals surface area contributed by atoms with Crippen LogP contribution in [0.4, 0.5) is 0 Å². The Hall–Kier alpha value is -2.10. The fourth-order valence-electron chi connectivity index (χ4n) is 2.51. The lowest BCUT2D eigenvalue weighted by Crippen LogP contribution is -2.36. The van der Waals surface area contributed by atoms with Crippen LogP contribution >= 0.6 is 0 Å². The van der Waals surface area contributed by atoms with Crippen LogP contribution in [0.5, 0.6) is 0 Å². The Morgan fingerprint density at radius 2 is 2.15 bits per heavy atom. The van der Waals surface area contributed by atoms with Crippen molar-refractivity contribution in [3.63, 3.8) is 0 Å². The maximum absolute atomic E-state index is 12.5. The molecule has 0 aliphatic carbocycles. The number of rotatable bonds is 1. The Kier molecular flexibility index (Phi) is 2.89. The Labute approximate surface area is 118 Å². The standard InChI is InChI=1S/C16H19N3O/c1-16(2,3)15(20)19-14(7-9-18-19)12-4-5-13-11(10-12)6-8-17-13/h4-6,8-10,14,17H,7H2,1-3H3/t14-/m0/s1. The van der Waals surface area contributed by atoms with E-state index in [4.69, 9.17) is 0 Å². The van der Waals surface area contributed by atoms with Gasteiger partial charge in [-0.05, 0) is 29.1 Å². The van der Waals surface area contributed by atoms with E-state index in [2.05, 4.69) is 28.3 Å². The lowest BCUT2D eigenvalue weighted by Gasteiger charge is -2.28. The average molecular weight is 269 g/mol. The predicted molar refractivity (Wildman–Crippen MR) is 80.4 cm³/mol.